The maximum Gasteiger partial charge on any atom is 0.338 e. The number of nitro groups is 1. The summed E-state index contributed by atoms with van der Waals surface area (Å²) in [6, 6.07) is 7.55. The average molecular weight is 460 g/mol. The number of nitrogens with zero attached hydrogens (tertiary/aromatic N) is 2. The van der Waals surface area contributed by atoms with Gasteiger partial charge in [-0.05, 0) is 37.6 Å². The van der Waals surface area contributed by atoms with Gasteiger partial charge in [0.05, 0.1) is 28.8 Å². The number of anilines is 1. The molecule has 0 fully saturated rings. The van der Waals surface area contributed by atoms with Crippen molar-refractivity contribution in [3.63, 3.8) is 0 Å². The summed E-state index contributed by atoms with van der Waals surface area (Å²) in [6.45, 7) is 3.45. The number of halogens is 1. The second kappa shape index (κ2) is 8.39. The van der Waals surface area contributed by atoms with Crippen LogP contribution >= 0.6 is 11.6 Å². The van der Waals surface area contributed by atoms with Crippen molar-refractivity contribution in [1.29, 1.82) is 0 Å². The second-order valence-corrected chi connectivity index (χ2v) is 7.35. The fraction of sp³-hybridized carbons (Fsp3) is 0.238. The Balaban J connectivity index is 1.83. The molecule has 2 aromatic rings. The normalized spacial score (nSPS) is 17.3. The van der Waals surface area contributed by atoms with E-state index in [0.29, 0.717) is 28.4 Å². The molecule has 0 radical (unpaired) electrons. The topological polar surface area (TPSA) is 120 Å². The van der Waals surface area contributed by atoms with E-state index in [0.717, 1.165) is 0 Å². The number of amides is 2. The van der Waals surface area contributed by atoms with Gasteiger partial charge in [0.2, 0.25) is 6.79 Å². The highest BCUT2D eigenvalue weighted by Crippen LogP contribution is 2.40. The van der Waals surface area contributed by atoms with Gasteiger partial charge in [0.1, 0.15) is 5.02 Å². The van der Waals surface area contributed by atoms with Gasteiger partial charge in [-0.2, -0.15) is 0 Å². The van der Waals surface area contributed by atoms with Crippen LogP contribution in [0.25, 0.3) is 0 Å². The van der Waals surface area contributed by atoms with Gasteiger partial charge in [-0.1, -0.05) is 17.7 Å². The van der Waals surface area contributed by atoms with Gasteiger partial charge in [-0.15, -0.1) is 0 Å². The third-order valence-corrected chi connectivity index (χ3v) is 5.41. The van der Waals surface area contributed by atoms with Gasteiger partial charge in [0, 0.05) is 17.8 Å². The number of nitro benzene ring substituents is 1. The number of ether oxygens (including phenoxy) is 3. The Kier molecular flexibility index (Phi) is 5.62. The van der Waals surface area contributed by atoms with Gasteiger partial charge in [-0.25, -0.2) is 9.59 Å². The van der Waals surface area contributed by atoms with E-state index >= 15 is 0 Å². The smallest absolute Gasteiger partial charge is 0.338 e. The van der Waals surface area contributed by atoms with Crippen molar-refractivity contribution in [3.8, 4) is 11.5 Å². The van der Waals surface area contributed by atoms with Crippen LogP contribution < -0.4 is 19.7 Å². The van der Waals surface area contributed by atoms with Crippen LogP contribution in [0.15, 0.2) is 47.7 Å². The summed E-state index contributed by atoms with van der Waals surface area (Å²) < 4.78 is 15.9. The molecule has 166 valence electrons. The van der Waals surface area contributed by atoms with Crippen molar-refractivity contribution < 1.29 is 28.7 Å². The molecule has 0 saturated heterocycles. The summed E-state index contributed by atoms with van der Waals surface area (Å²) >= 11 is 5.92. The van der Waals surface area contributed by atoms with Crippen molar-refractivity contribution in [3.05, 3.63) is 68.4 Å². The molecule has 0 saturated carbocycles. The molecule has 0 bridgehead atoms. The Morgan fingerprint density at radius 1 is 1.28 bits per heavy atom. The lowest BCUT2D eigenvalue weighted by molar-refractivity contribution is -0.384. The van der Waals surface area contributed by atoms with E-state index in [2.05, 4.69) is 5.32 Å². The lowest BCUT2D eigenvalue weighted by atomic mass is 9.94. The number of hydrogen-bond donors (Lipinski definition) is 1. The summed E-state index contributed by atoms with van der Waals surface area (Å²) in [6.07, 6.45) is 0. The predicted molar refractivity (Wildman–Crippen MR) is 114 cm³/mol. The molecule has 0 spiro atoms. The standard InChI is InChI=1S/C21H18ClN3O7/c1-3-30-20(26)18-11(2)24(13-5-7-16-17(9-13)32-10-31-16)21(27)23-19(18)12-4-6-14(22)15(8-12)25(28)29/h4-9,19H,3,10H2,1-2H3,(H,23,27)/t19-/m0/s1. The summed E-state index contributed by atoms with van der Waals surface area (Å²) in [5.74, 6) is 0.361. The quantitative estimate of drug-likeness (QED) is 0.406. The molecule has 0 aromatic heterocycles. The Morgan fingerprint density at radius 3 is 2.75 bits per heavy atom. The van der Waals surface area contributed by atoms with Crippen molar-refractivity contribution >= 4 is 35.0 Å². The number of hydrogen-bond acceptors (Lipinski definition) is 7. The van der Waals surface area contributed by atoms with E-state index in [9.17, 15) is 19.7 Å². The molecule has 0 aliphatic carbocycles. The van der Waals surface area contributed by atoms with Crippen LogP contribution in [-0.4, -0.2) is 30.3 Å². The Bertz CT molecular complexity index is 1160. The van der Waals surface area contributed by atoms with Crippen molar-refractivity contribution in [1.82, 2.24) is 5.32 Å². The highest BCUT2D eigenvalue weighted by molar-refractivity contribution is 6.32. The first kappa shape index (κ1) is 21.4. The largest absolute Gasteiger partial charge is 0.463 e. The van der Waals surface area contributed by atoms with Crippen LogP contribution in [0.2, 0.25) is 5.02 Å². The Hall–Kier alpha value is -3.79. The third kappa shape index (κ3) is 3.69. The number of rotatable bonds is 5. The Morgan fingerprint density at radius 2 is 2.03 bits per heavy atom. The van der Waals surface area contributed by atoms with Crippen LogP contribution in [0.4, 0.5) is 16.2 Å². The van der Waals surface area contributed by atoms with E-state index in [1.807, 2.05) is 0 Å². The van der Waals surface area contributed by atoms with Crippen LogP contribution in [0.3, 0.4) is 0 Å². The number of fused-ring (bicyclic) bond motifs is 1. The molecule has 2 heterocycles. The molecular weight excluding hydrogens is 442 g/mol. The number of urea groups is 1. The molecule has 2 aliphatic heterocycles. The molecule has 1 N–H and O–H groups in total. The van der Waals surface area contributed by atoms with Gasteiger partial charge in [-0.3, -0.25) is 15.0 Å². The number of allylic oxidation sites excluding steroid dienone is 1. The van der Waals surface area contributed by atoms with Crippen LogP contribution in [0.5, 0.6) is 11.5 Å². The Labute approximate surface area is 187 Å². The summed E-state index contributed by atoms with van der Waals surface area (Å²) in [7, 11) is 0. The summed E-state index contributed by atoms with van der Waals surface area (Å²) in [5, 5.41) is 14.0. The van der Waals surface area contributed by atoms with E-state index in [1.165, 1.54) is 23.1 Å². The molecule has 1 atom stereocenters. The first-order valence-electron chi connectivity index (χ1n) is 9.63. The zero-order chi connectivity index (χ0) is 23.0. The van der Waals surface area contributed by atoms with Gasteiger partial charge < -0.3 is 19.5 Å². The lowest BCUT2D eigenvalue weighted by Crippen LogP contribution is -2.48. The van der Waals surface area contributed by atoms with Crippen LogP contribution in [-0.2, 0) is 9.53 Å². The molecule has 10 nitrogen and oxygen atoms in total. The third-order valence-electron chi connectivity index (χ3n) is 5.09. The fourth-order valence-electron chi connectivity index (χ4n) is 3.65. The number of carbonyl (C=O) groups is 2. The number of benzene rings is 2. The minimum atomic E-state index is -0.970. The van der Waals surface area contributed by atoms with Gasteiger partial charge >= 0.3 is 12.0 Å². The maximum absolute atomic E-state index is 13.1. The van der Waals surface area contributed by atoms with Crippen molar-refractivity contribution in [2.75, 3.05) is 18.3 Å². The summed E-state index contributed by atoms with van der Waals surface area (Å²) in [5.41, 5.74) is 0.889. The molecule has 2 amide bonds. The van der Waals surface area contributed by atoms with E-state index in [4.69, 9.17) is 25.8 Å². The molecule has 0 unspecified atom stereocenters. The van der Waals surface area contributed by atoms with E-state index in [-0.39, 0.29) is 29.7 Å². The lowest BCUT2D eigenvalue weighted by Gasteiger charge is -2.35. The molecular formula is C21H18ClN3O7. The predicted octanol–water partition coefficient (Wildman–Crippen LogP) is 4.08. The van der Waals surface area contributed by atoms with Crippen molar-refractivity contribution in [2.24, 2.45) is 0 Å². The van der Waals surface area contributed by atoms with E-state index < -0.39 is 23.0 Å². The zero-order valence-electron chi connectivity index (χ0n) is 17.1. The number of nitrogens with one attached hydrogen (secondary N) is 1. The molecule has 2 aliphatic rings. The summed E-state index contributed by atoms with van der Waals surface area (Å²) in [4.78, 5) is 38.0. The van der Waals surface area contributed by atoms with Crippen LogP contribution in [0.1, 0.15) is 25.5 Å². The zero-order valence-corrected chi connectivity index (χ0v) is 17.8. The fourth-order valence-corrected chi connectivity index (χ4v) is 3.84. The SMILES string of the molecule is CCOC(=O)C1=C(C)N(c2ccc3c(c2)OCO3)C(=O)N[C@H]1c1ccc(Cl)c([N+](=O)[O-])c1. The first-order chi connectivity index (χ1) is 15.3. The minimum absolute atomic E-state index is 0.0544. The van der Waals surface area contributed by atoms with Gasteiger partial charge in [0.15, 0.2) is 11.5 Å². The average Bonchev–Trinajstić information content (AvgIpc) is 3.21. The highest BCUT2D eigenvalue weighted by Gasteiger charge is 2.38. The van der Waals surface area contributed by atoms with Crippen molar-refractivity contribution in [2.45, 2.75) is 19.9 Å². The van der Waals surface area contributed by atoms with Gasteiger partial charge in [0.25, 0.3) is 5.69 Å². The number of esters is 1. The second-order valence-electron chi connectivity index (χ2n) is 6.94. The maximum atomic E-state index is 13.1. The monoisotopic (exact) mass is 459 g/mol. The van der Waals surface area contributed by atoms with E-state index in [1.54, 1.807) is 32.0 Å². The van der Waals surface area contributed by atoms with Crippen LogP contribution in [0, 0.1) is 10.1 Å². The number of carbonyl (C=O) groups excluding carboxylic acids is 2. The minimum Gasteiger partial charge on any atom is -0.463 e. The highest BCUT2D eigenvalue weighted by atomic mass is 35.5. The molecule has 4 rings (SSSR count). The molecule has 2 aromatic carbocycles. The molecule has 11 heteroatoms. The first-order valence-corrected chi connectivity index (χ1v) is 10.0. The molecule has 32 heavy (non-hydrogen) atoms.